The van der Waals surface area contributed by atoms with E-state index in [-0.39, 0.29) is 0 Å². The van der Waals surface area contributed by atoms with E-state index in [1.165, 1.54) is 159 Å². The molecule has 0 saturated heterocycles. The molecule has 0 saturated carbocycles. The summed E-state index contributed by atoms with van der Waals surface area (Å²) in [6, 6.07) is 0.895. The zero-order chi connectivity index (χ0) is 23.0. The van der Waals surface area contributed by atoms with Crippen LogP contribution in [0.5, 0.6) is 0 Å². The van der Waals surface area contributed by atoms with Crippen LogP contribution in [0, 0.1) is 0 Å². The molecular weight excluding hydrogens is 374 g/mol. The van der Waals surface area contributed by atoms with Gasteiger partial charge >= 0.3 is 0 Å². The molecule has 1 atom stereocenters. The Morgan fingerprint density at radius 2 is 0.677 bits per heavy atom. The average Bonchev–Trinajstić information content (AvgIpc) is 2.75. The second-order valence-corrected chi connectivity index (χ2v) is 11.1. The summed E-state index contributed by atoms with van der Waals surface area (Å²) < 4.78 is 1.28. The Morgan fingerprint density at radius 3 is 1.03 bits per heavy atom. The van der Waals surface area contributed by atoms with E-state index in [0.29, 0.717) is 0 Å². The first-order chi connectivity index (χ1) is 15.1. The highest BCUT2D eigenvalue weighted by Gasteiger charge is 2.26. The smallest absolute Gasteiger partial charge is 0.0886 e. The normalized spacial score (nSPS) is 13.1. The van der Waals surface area contributed by atoms with Crippen LogP contribution in [-0.4, -0.2) is 31.2 Å². The maximum absolute atomic E-state index is 2.55. The van der Waals surface area contributed by atoms with Gasteiger partial charge in [0, 0.05) is 0 Å². The van der Waals surface area contributed by atoms with Crippen LogP contribution in [-0.2, 0) is 0 Å². The highest BCUT2D eigenvalue weighted by Crippen LogP contribution is 2.23. The van der Waals surface area contributed by atoms with E-state index in [1.807, 2.05) is 0 Å². The second-order valence-electron chi connectivity index (χ2n) is 11.1. The minimum atomic E-state index is 0.895. The van der Waals surface area contributed by atoms with Crippen molar-refractivity contribution in [2.75, 3.05) is 20.6 Å². The summed E-state index contributed by atoms with van der Waals surface area (Å²) in [5.74, 6) is 0. The molecule has 0 fully saturated rings. The van der Waals surface area contributed by atoms with Crippen LogP contribution in [0.2, 0.25) is 0 Å². The van der Waals surface area contributed by atoms with Crippen LogP contribution in [0.25, 0.3) is 0 Å². The lowest BCUT2D eigenvalue weighted by molar-refractivity contribution is -0.916. The Labute approximate surface area is 199 Å². The molecule has 1 unspecified atom stereocenters. The van der Waals surface area contributed by atoms with Crippen LogP contribution in [0.15, 0.2) is 0 Å². The standard InChI is InChI=1S/C30H64N/c1-6-9-12-15-18-20-23-26-29-31(4,5)30(27-24-21-17-14-11-8-3)28-25-22-19-16-13-10-7-2/h30H,6-29H2,1-5H3/q+1. The second kappa shape index (κ2) is 23.1. The van der Waals surface area contributed by atoms with Crippen LogP contribution in [0.4, 0.5) is 0 Å². The van der Waals surface area contributed by atoms with Crippen molar-refractivity contribution in [1.82, 2.24) is 0 Å². The van der Waals surface area contributed by atoms with Gasteiger partial charge in [0.1, 0.15) is 0 Å². The molecule has 0 amide bonds. The Morgan fingerprint density at radius 1 is 0.387 bits per heavy atom. The predicted molar refractivity (Wildman–Crippen MR) is 144 cm³/mol. The van der Waals surface area contributed by atoms with Gasteiger partial charge in [-0.15, -0.1) is 0 Å². The molecule has 0 spiro atoms. The molecular formula is C30H64N+. The molecule has 0 aliphatic rings. The van der Waals surface area contributed by atoms with Crippen LogP contribution in [0.1, 0.15) is 168 Å². The highest BCUT2D eigenvalue weighted by atomic mass is 15.3. The van der Waals surface area contributed by atoms with E-state index in [4.69, 9.17) is 0 Å². The molecule has 31 heavy (non-hydrogen) atoms. The van der Waals surface area contributed by atoms with Crippen molar-refractivity contribution in [3.05, 3.63) is 0 Å². The third-order valence-electron chi connectivity index (χ3n) is 7.61. The molecule has 1 heteroatoms. The van der Waals surface area contributed by atoms with Gasteiger partial charge in [-0.25, -0.2) is 0 Å². The first-order valence-corrected chi connectivity index (χ1v) is 14.9. The Hall–Kier alpha value is -0.0400. The lowest BCUT2D eigenvalue weighted by Crippen LogP contribution is -2.49. The number of unbranched alkanes of at least 4 members (excludes halogenated alkanes) is 18. The molecule has 0 aliphatic carbocycles. The molecule has 0 bridgehead atoms. The quantitative estimate of drug-likeness (QED) is 0.0981. The minimum Gasteiger partial charge on any atom is -0.326 e. The number of quaternary nitrogens is 1. The number of hydrogen-bond donors (Lipinski definition) is 0. The molecule has 0 N–H and O–H groups in total. The van der Waals surface area contributed by atoms with Gasteiger partial charge in [0.15, 0.2) is 0 Å². The summed E-state index contributed by atoms with van der Waals surface area (Å²) in [7, 11) is 5.09. The fraction of sp³-hybridized carbons (Fsp3) is 1.00. The third kappa shape index (κ3) is 20.3. The maximum Gasteiger partial charge on any atom is 0.0886 e. The van der Waals surface area contributed by atoms with Crippen LogP contribution in [0.3, 0.4) is 0 Å². The van der Waals surface area contributed by atoms with Crippen molar-refractivity contribution >= 4 is 0 Å². The van der Waals surface area contributed by atoms with Crippen LogP contribution >= 0.6 is 0 Å². The van der Waals surface area contributed by atoms with Crippen molar-refractivity contribution in [3.8, 4) is 0 Å². The summed E-state index contributed by atoms with van der Waals surface area (Å²) in [5, 5.41) is 0. The molecule has 0 radical (unpaired) electrons. The summed E-state index contributed by atoms with van der Waals surface area (Å²) in [4.78, 5) is 0. The number of hydrogen-bond acceptors (Lipinski definition) is 0. The Kier molecular flexibility index (Phi) is 23.1. The molecule has 1 nitrogen and oxygen atoms in total. The minimum absolute atomic E-state index is 0.895. The molecule has 0 aromatic heterocycles. The topological polar surface area (TPSA) is 0 Å². The monoisotopic (exact) mass is 439 g/mol. The molecule has 188 valence electrons. The lowest BCUT2D eigenvalue weighted by Gasteiger charge is -2.39. The van der Waals surface area contributed by atoms with E-state index in [2.05, 4.69) is 34.9 Å². The fourth-order valence-electron chi connectivity index (χ4n) is 5.18. The van der Waals surface area contributed by atoms with Gasteiger partial charge in [-0.3, -0.25) is 0 Å². The summed E-state index contributed by atoms with van der Waals surface area (Å²) in [6.45, 7) is 8.35. The maximum atomic E-state index is 2.55. The third-order valence-corrected chi connectivity index (χ3v) is 7.61. The molecule has 0 aliphatic heterocycles. The van der Waals surface area contributed by atoms with Crippen molar-refractivity contribution in [2.24, 2.45) is 0 Å². The van der Waals surface area contributed by atoms with Crippen molar-refractivity contribution in [2.45, 2.75) is 174 Å². The first-order valence-electron chi connectivity index (χ1n) is 14.9. The average molecular weight is 439 g/mol. The van der Waals surface area contributed by atoms with E-state index >= 15 is 0 Å². The molecule has 0 aromatic rings. The summed E-state index contributed by atoms with van der Waals surface area (Å²) >= 11 is 0. The highest BCUT2D eigenvalue weighted by molar-refractivity contribution is 4.62. The number of rotatable bonds is 25. The Balaban J connectivity index is 4.21. The van der Waals surface area contributed by atoms with Gasteiger partial charge in [-0.2, -0.15) is 0 Å². The van der Waals surface area contributed by atoms with Gasteiger partial charge in [0.25, 0.3) is 0 Å². The van der Waals surface area contributed by atoms with Gasteiger partial charge in [0.05, 0.1) is 26.7 Å². The zero-order valence-electron chi connectivity index (χ0n) is 23.0. The van der Waals surface area contributed by atoms with Crippen LogP contribution < -0.4 is 0 Å². The summed E-state index contributed by atoms with van der Waals surface area (Å²) in [5.41, 5.74) is 0. The predicted octanol–water partition coefficient (Wildman–Crippen LogP) is 10.5. The Bertz CT molecular complexity index is 335. The van der Waals surface area contributed by atoms with Gasteiger partial charge in [-0.05, 0) is 38.5 Å². The number of nitrogens with zero attached hydrogens (tertiary/aromatic N) is 1. The largest absolute Gasteiger partial charge is 0.326 e. The van der Waals surface area contributed by atoms with E-state index in [1.54, 1.807) is 0 Å². The summed E-state index contributed by atoms with van der Waals surface area (Å²) in [6.07, 6.45) is 33.2. The zero-order valence-corrected chi connectivity index (χ0v) is 23.0. The molecule has 0 rings (SSSR count). The van der Waals surface area contributed by atoms with Crippen molar-refractivity contribution in [3.63, 3.8) is 0 Å². The first kappa shape index (κ1) is 31.0. The lowest BCUT2D eigenvalue weighted by atomic mass is 9.97. The SMILES string of the molecule is CCCCCCCCCC[N+](C)(C)C(CCCCCCCC)CCCCCCCCC. The molecule has 0 heterocycles. The van der Waals surface area contributed by atoms with Gasteiger partial charge in [-0.1, -0.05) is 130 Å². The van der Waals surface area contributed by atoms with E-state index in [0.717, 1.165) is 6.04 Å². The van der Waals surface area contributed by atoms with Gasteiger partial charge in [0.2, 0.25) is 0 Å². The van der Waals surface area contributed by atoms with Crippen molar-refractivity contribution in [1.29, 1.82) is 0 Å². The molecule has 0 aromatic carbocycles. The van der Waals surface area contributed by atoms with Crippen molar-refractivity contribution < 1.29 is 4.48 Å². The fourth-order valence-corrected chi connectivity index (χ4v) is 5.18. The van der Waals surface area contributed by atoms with E-state index < -0.39 is 0 Å². The van der Waals surface area contributed by atoms with Gasteiger partial charge < -0.3 is 4.48 Å². The van der Waals surface area contributed by atoms with E-state index in [9.17, 15) is 0 Å².